The van der Waals surface area contributed by atoms with E-state index in [4.69, 9.17) is 4.74 Å². The van der Waals surface area contributed by atoms with Gasteiger partial charge in [-0.15, -0.1) is 0 Å². The average molecular weight is 273 g/mol. The van der Waals surface area contributed by atoms with Crippen molar-refractivity contribution in [3.63, 3.8) is 0 Å². The third-order valence-corrected chi connectivity index (χ3v) is 3.68. The monoisotopic (exact) mass is 273 g/mol. The van der Waals surface area contributed by atoms with Crippen LogP contribution in [0.1, 0.15) is 37.8 Å². The van der Waals surface area contributed by atoms with Gasteiger partial charge in [-0.25, -0.2) is 0 Å². The third-order valence-electron chi connectivity index (χ3n) is 3.68. The second-order valence-electron chi connectivity index (χ2n) is 5.09. The lowest BCUT2D eigenvalue weighted by atomic mass is 9.75. The normalized spacial score (nSPS) is 22.9. The summed E-state index contributed by atoms with van der Waals surface area (Å²) in [5, 5.41) is 2.41. The molecule has 4 heteroatoms. The van der Waals surface area contributed by atoms with E-state index in [1.165, 1.54) is 0 Å². The molecule has 1 atom stereocenters. The first-order chi connectivity index (χ1) is 9.56. The summed E-state index contributed by atoms with van der Waals surface area (Å²) in [6, 6.07) is 7.75. The van der Waals surface area contributed by atoms with Crippen molar-refractivity contribution in [1.82, 2.24) is 5.32 Å². The first-order valence-corrected chi connectivity index (χ1v) is 6.79. The van der Waals surface area contributed by atoms with Crippen LogP contribution in [0.4, 0.5) is 0 Å². The fraction of sp³-hybridized carbons (Fsp3) is 0.375. The Kier molecular flexibility index (Phi) is 4.23. The van der Waals surface area contributed by atoms with Crippen LogP contribution in [0.15, 0.2) is 30.5 Å². The Balaban J connectivity index is 2.17. The molecular weight excluding hydrogens is 254 g/mol. The highest BCUT2D eigenvalue weighted by atomic mass is 16.5. The van der Waals surface area contributed by atoms with Gasteiger partial charge in [0.05, 0.1) is 18.3 Å². The predicted molar refractivity (Wildman–Crippen MR) is 76.8 cm³/mol. The number of piperidine rings is 1. The number of carbonyl (C=O) groups is 2. The van der Waals surface area contributed by atoms with Crippen molar-refractivity contribution in [1.29, 1.82) is 0 Å². The van der Waals surface area contributed by atoms with Crippen molar-refractivity contribution in [3.8, 4) is 0 Å². The van der Waals surface area contributed by atoms with Gasteiger partial charge in [0.25, 0.3) is 0 Å². The van der Waals surface area contributed by atoms with E-state index >= 15 is 0 Å². The number of ether oxygens (including phenoxy) is 1. The Morgan fingerprint density at radius 3 is 2.60 bits per heavy atom. The van der Waals surface area contributed by atoms with Crippen LogP contribution in [-0.2, 0) is 19.7 Å². The molecule has 1 aliphatic rings. The molecule has 2 rings (SSSR count). The lowest BCUT2D eigenvalue weighted by Crippen LogP contribution is -2.49. The van der Waals surface area contributed by atoms with Crippen LogP contribution in [0.3, 0.4) is 0 Å². The molecular formula is C16H19NO3. The summed E-state index contributed by atoms with van der Waals surface area (Å²) < 4.78 is 5.15. The Labute approximate surface area is 118 Å². The molecule has 0 aromatic heterocycles. The molecule has 1 aliphatic heterocycles. The lowest BCUT2D eigenvalue weighted by Gasteiger charge is -2.32. The SMILES string of the molecule is CCOC=Cc1ccc(C2(C)CCC(=O)NC2=O)cc1. The Bertz CT molecular complexity index is 533. The van der Waals surface area contributed by atoms with E-state index in [1.54, 1.807) is 6.26 Å². The molecule has 1 aromatic rings. The molecule has 1 unspecified atom stereocenters. The topological polar surface area (TPSA) is 55.4 Å². The smallest absolute Gasteiger partial charge is 0.236 e. The molecule has 4 nitrogen and oxygen atoms in total. The summed E-state index contributed by atoms with van der Waals surface area (Å²) in [6.45, 7) is 4.44. The highest BCUT2D eigenvalue weighted by Crippen LogP contribution is 2.32. The summed E-state index contributed by atoms with van der Waals surface area (Å²) >= 11 is 0. The van der Waals surface area contributed by atoms with Gasteiger partial charge in [-0.05, 0) is 37.5 Å². The van der Waals surface area contributed by atoms with Crippen molar-refractivity contribution >= 4 is 17.9 Å². The van der Waals surface area contributed by atoms with Crippen molar-refractivity contribution in [2.24, 2.45) is 0 Å². The molecule has 1 aromatic carbocycles. The number of nitrogens with one attached hydrogen (secondary N) is 1. The van der Waals surface area contributed by atoms with Crippen molar-refractivity contribution < 1.29 is 14.3 Å². The van der Waals surface area contributed by atoms with E-state index in [9.17, 15) is 9.59 Å². The third kappa shape index (κ3) is 2.90. The highest BCUT2D eigenvalue weighted by Gasteiger charge is 2.39. The van der Waals surface area contributed by atoms with Gasteiger partial charge in [0, 0.05) is 6.42 Å². The molecule has 1 saturated heterocycles. The van der Waals surface area contributed by atoms with Gasteiger partial charge in [-0.3, -0.25) is 14.9 Å². The minimum Gasteiger partial charge on any atom is -0.501 e. The molecule has 1 fully saturated rings. The molecule has 2 amide bonds. The quantitative estimate of drug-likeness (QED) is 0.677. The largest absolute Gasteiger partial charge is 0.501 e. The van der Waals surface area contributed by atoms with Crippen LogP contribution in [0.2, 0.25) is 0 Å². The summed E-state index contributed by atoms with van der Waals surface area (Å²) in [5.41, 5.74) is 1.31. The molecule has 0 radical (unpaired) electrons. The van der Waals surface area contributed by atoms with Crippen LogP contribution >= 0.6 is 0 Å². The number of hydrogen-bond acceptors (Lipinski definition) is 3. The summed E-state index contributed by atoms with van der Waals surface area (Å²) in [4.78, 5) is 23.3. The molecule has 20 heavy (non-hydrogen) atoms. The minimum absolute atomic E-state index is 0.191. The Morgan fingerprint density at radius 2 is 2.00 bits per heavy atom. The van der Waals surface area contributed by atoms with Crippen molar-refractivity contribution in [2.45, 2.75) is 32.1 Å². The fourth-order valence-corrected chi connectivity index (χ4v) is 2.26. The maximum atomic E-state index is 12.1. The van der Waals surface area contributed by atoms with E-state index in [0.717, 1.165) is 11.1 Å². The molecule has 106 valence electrons. The number of amides is 2. The van der Waals surface area contributed by atoms with Gasteiger partial charge in [0.2, 0.25) is 11.8 Å². The zero-order valence-corrected chi connectivity index (χ0v) is 11.8. The first kappa shape index (κ1) is 14.3. The van der Waals surface area contributed by atoms with Gasteiger partial charge in [0.1, 0.15) is 0 Å². The van der Waals surface area contributed by atoms with Crippen LogP contribution in [-0.4, -0.2) is 18.4 Å². The highest BCUT2D eigenvalue weighted by molar-refractivity contribution is 6.03. The number of carbonyl (C=O) groups excluding carboxylic acids is 2. The van der Waals surface area contributed by atoms with Gasteiger partial charge in [-0.1, -0.05) is 24.3 Å². The molecule has 0 saturated carbocycles. The molecule has 0 bridgehead atoms. The van der Waals surface area contributed by atoms with Gasteiger partial charge < -0.3 is 4.74 Å². The van der Waals surface area contributed by atoms with Gasteiger partial charge >= 0.3 is 0 Å². The van der Waals surface area contributed by atoms with Crippen molar-refractivity contribution in [3.05, 3.63) is 41.7 Å². The van der Waals surface area contributed by atoms with Crippen molar-refractivity contribution in [2.75, 3.05) is 6.61 Å². The number of benzene rings is 1. The summed E-state index contributed by atoms with van der Waals surface area (Å²) in [7, 11) is 0. The van der Waals surface area contributed by atoms with Crippen LogP contribution < -0.4 is 5.32 Å². The zero-order valence-electron chi connectivity index (χ0n) is 11.8. The zero-order chi connectivity index (χ0) is 14.6. The Morgan fingerprint density at radius 1 is 1.30 bits per heavy atom. The molecule has 1 N–H and O–H groups in total. The Hall–Kier alpha value is -2.10. The van der Waals surface area contributed by atoms with Gasteiger partial charge in [0.15, 0.2) is 0 Å². The lowest BCUT2D eigenvalue weighted by molar-refractivity contribution is -0.137. The fourth-order valence-electron chi connectivity index (χ4n) is 2.26. The summed E-state index contributed by atoms with van der Waals surface area (Å²) in [6.07, 6.45) is 4.46. The first-order valence-electron chi connectivity index (χ1n) is 6.79. The second-order valence-corrected chi connectivity index (χ2v) is 5.09. The standard InChI is InChI=1S/C16H19NO3/c1-3-20-11-9-12-4-6-13(7-5-12)16(2)10-8-14(18)17-15(16)19/h4-7,9,11H,3,8,10H2,1-2H3,(H,17,18,19). The number of rotatable bonds is 4. The van der Waals surface area contributed by atoms with Crippen LogP contribution in [0.25, 0.3) is 6.08 Å². The van der Waals surface area contributed by atoms with Crippen LogP contribution in [0.5, 0.6) is 0 Å². The summed E-state index contributed by atoms with van der Waals surface area (Å²) in [5.74, 6) is -0.407. The van der Waals surface area contributed by atoms with E-state index in [2.05, 4.69) is 5.32 Å². The number of imide groups is 1. The second kappa shape index (κ2) is 5.90. The van der Waals surface area contributed by atoms with Gasteiger partial charge in [-0.2, -0.15) is 0 Å². The molecule has 0 aliphatic carbocycles. The molecule has 1 heterocycles. The molecule has 0 spiro atoms. The van der Waals surface area contributed by atoms with Crippen LogP contribution in [0, 0.1) is 0 Å². The van der Waals surface area contributed by atoms with E-state index < -0.39 is 5.41 Å². The van der Waals surface area contributed by atoms with E-state index in [-0.39, 0.29) is 11.8 Å². The van der Waals surface area contributed by atoms with E-state index in [0.29, 0.717) is 19.4 Å². The van der Waals surface area contributed by atoms with E-state index in [1.807, 2.05) is 44.2 Å². The minimum atomic E-state index is -0.629. The predicted octanol–water partition coefficient (Wildman–Crippen LogP) is 2.39. The maximum absolute atomic E-state index is 12.1. The average Bonchev–Trinajstić information content (AvgIpc) is 2.44. The number of hydrogen-bond donors (Lipinski definition) is 1. The maximum Gasteiger partial charge on any atom is 0.236 e.